The molecular weight excluding hydrogens is 326 g/mol. The van der Waals surface area contributed by atoms with Gasteiger partial charge in [0.2, 0.25) is 15.9 Å². The SMILES string of the molecule is CNC(=O)[C@H](C)Nc1ccc(C)c(S(=O)(=O)N2CCCCCC2)c1. The fourth-order valence-corrected chi connectivity index (χ4v) is 4.69. The summed E-state index contributed by atoms with van der Waals surface area (Å²) in [6, 6.07) is 4.78. The highest BCUT2D eigenvalue weighted by Crippen LogP contribution is 2.26. The van der Waals surface area contributed by atoms with Crippen LogP contribution in [0.3, 0.4) is 0 Å². The summed E-state index contributed by atoms with van der Waals surface area (Å²) in [4.78, 5) is 12.0. The van der Waals surface area contributed by atoms with E-state index in [2.05, 4.69) is 10.6 Å². The Labute approximate surface area is 144 Å². The zero-order chi connectivity index (χ0) is 17.7. The Balaban J connectivity index is 2.28. The first-order chi connectivity index (χ1) is 11.4. The van der Waals surface area contributed by atoms with Crippen molar-refractivity contribution in [1.82, 2.24) is 9.62 Å². The standard InChI is InChI=1S/C17H27N3O3S/c1-13-8-9-15(19-14(2)17(21)18-3)12-16(13)24(22,23)20-10-6-4-5-7-11-20/h8-9,12,14,19H,4-7,10-11H2,1-3H3,(H,18,21)/t14-/m0/s1. The van der Waals surface area contributed by atoms with Crippen LogP contribution >= 0.6 is 0 Å². The molecule has 1 aliphatic heterocycles. The molecule has 1 amide bonds. The van der Waals surface area contributed by atoms with Crippen molar-refractivity contribution in [2.24, 2.45) is 0 Å². The normalized spacial score (nSPS) is 17.8. The second kappa shape index (κ2) is 7.98. The Morgan fingerprint density at radius 1 is 1.17 bits per heavy atom. The molecule has 6 nitrogen and oxygen atoms in total. The third-order valence-corrected chi connectivity index (χ3v) is 6.43. The third-order valence-electron chi connectivity index (χ3n) is 4.39. The second-order valence-electron chi connectivity index (χ2n) is 6.28. The molecule has 7 heteroatoms. The number of anilines is 1. The van der Waals surface area contributed by atoms with Crippen LogP contribution < -0.4 is 10.6 Å². The van der Waals surface area contributed by atoms with Crippen LogP contribution in [0, 0.1) is 6.92 Å². The summed E-state index contributed by atoms with van der Waals surface area (Å²) in [5, 5.41) is 5.62. The quantitative estimate of drug-likeness (QED) is 0.850. The largest absolute Gasteiger partial charge is 0.374 e. The number of carbonyl (C=O) groups excluding carboxylic acids is 1. The lowest BCUT2D eigenvalue weighted by molar-refractivity contribution is -0.121. The first-order valence-corrected chi connectivity index (χ1v) is 9.89. The summed E-state index contributed by atoms with van der Waals surface area (Å²) < 4.78 is 27.6. The van der Waals surface area contributed by atoms with Gasteiger partial charge in [-0.1, -0.05) is 18.9 Å². The number of amides is 1. The molecule has 0 aliphatic carbocycles. The topological polar surface area (TPSA) is 78.5 Å². The molecule has 1 atom stereocenters. The van der Waals surface area contributed by atoms with Gasteiger partial charge >= 0.3 is 0 Å². The van der Waals surface area contributed by atoms with E-state index in [1.807, 2.05) is 0 Å². The van der Waals surface area contributed by atoms with Gasteiger partial charge in [0.25, 0.3) is 0 Å². The average Bonchev–Trinajstić information content (AvgIpc) is 2.85. The van der Waals surface area contributed by atoms with Crippen molar-refractivity contribution in [2.45, 2.75) is 50.5 Å². The third kappa shape index (κ3) is 4.27. The molecule has 1 fully saturated rings. The first-order valence-electron chi connectivity index (χ1n) is 8.45. The molecule has 0 bridgehead atoms. The Morgan fingerprint density at radius 3 is 2.38 bits per heavy atom. The van der Waals surface area contributed by atoms with Crippen molar-refractivity contribution in [2.75, 3.05) is 25.5 Å². The van der Waals surface area contributed by atoms with Crippen LogP contribution in [-0.2, 0) is 14.8 Å². The highest BCUT2D eigenvalue weighted by molar-refractivity contribution is 7.89. The van der Waals surface area contributed by atoms with E-state index in [-0.39, 0.29) is 5.91 Å². The summed E-state index contributed by atoms with van der Waals surface area (Å²) in [6.45, 7) is 4.69. The molecule has 0 aromatic heterocycles. The minimum absolute atomic E-state index is 0.146. The van der Waals surface area contributed by atoms with Gasteiger partial charge in [-0.2, -0.15) is 4.31 Å². The molecule has 0 radical (unpaired) electrons. The summed E-state index contributed by atoms with van der Waals surface area (Å²) in [6.07, 6.45) is 3.97. The molecule has 1 heterocycles. The molecule has 0 saturated carbocycles. The molecule has 1 aromatic rings. The number of likely N-dealkylation sites (N-methyl/N-ethyl adjacent to an activating group) is 1. The number of sulfonamides is 1. The lowest BCUT2D eigenvalue weighted by Gasteiger charge is -2.22. The number of hydrogen-bond donors (Lipinski definition) is 2. The molecule has 0 unspecified atom stereocenters. The molecule has 134 valence electrons. The Kier molecular flexibility index (Phi) is 6.23. The maximum atomic E-state index is 13.0. The minimum atomic E-state index is -3.51. The summed E-state index contributed by atoms with van der Waals surface area (Å²) in [5.74, 6) is -0.146. The van der Waals surface area contributed by atoms with Crippen LogP contribution in [0.5, 0.6) is 0 Å². The van der Waals surface area contributed by atoms with Gasteiger partial charge in [0.15, 0.2) is 0 Å². The number of nitrogens with one attached hydrogen (secondary N) is 2. The van der Waals surface area contributed by atoms with Gasteiger partial charge in [0.1, 0.15) is 6.04 Å². The Bertz CT molecular complexity index is 680. The minimum Gasteiger partial charge on any atom is -0.374 e. The summed E-state index contributed by atoms with van der Waals surface area (Å²) in [5.41, 5.74) is 1.35. The van der Waals surface area contributed by atoms with Crippen molar-refractivity contribution >= 4 is 21.6 Å². The van der Waals surface area contributed by atoms with Gasteiger partial charge in [-0.15, -0.1) is 0 Å². The van der Waals surface area contributed by atoms with Crippen molar-refractivity contribution in [3.05, 3.63) is 23.8 Å². The van der Waals surface area contributed by atoms with Crippen molar-refractivity contribution in [1.29, 1.82) is 0 Å². The van der Waals surface area contributed by atoms with E-state index in [0.29, 0.717) is 23.7 Å². The number of nitrogens with zero attached hydrogens (tertiary/aromatic N) is 1. The zero-order valence-corrected chi connectivity index (χ0v) is 15.4. The van der Waals surface area contributed by atoms with Gasteiger partial charge in [-0.3, -0.25) is 4.79 Å². The average molecular weight is 353 g/mol. The van der Waals surface area contributed by atoms with E-state index in [1.54, 1.807) is 43.4 Å². The fraction of sp³-hybridized carbons (Fsp3) is 0.588. The van der Waals surface area contributed by atoms with E-state index in [4.69, 9.17) is 0 Å². The lowest BCUT2D eigenvalue weighted by atomic mass is 10.2. The highest BCUT2D eigenvalue weighted by atomic mass is 32.2. The van der Waals surface area contributed by atoms with E-state index in [9.17, 15) is 13.2 Å². The van der Waals surface area contributed by atoms with Crippen LogP contribution in [-0.4, -0.2) is 44.8 Å². The molecule has 2 N–H and O–H groups in total. The van der Waals surface area contributed by atoms with Crippen molar-refractivity contribution < 1.29 is 13.2 Å². The number of rotatable bonds is 5. The predicted octanol–water partition coefficient (Wildman–Crippen LogP) is 2.11. The zero-order valence-electron chi connectivity index (χ0n) is 14.6. The number of aryl methyl sites for hydroxylation is 1. The monoisotopic (exact) mass is 353 g/mol. The van der Waals surface area contributed by atoms with Gasteiger partial charge in [-0.05, 0) is 44.4 Å². The smallest absolute Gasteiger partial charge is 0.243 e. The molecule has 1 saturated heterocycles. The van der Waals surface area contributed by atoms with Crippen LogP contribution in [0.15, 0.2) is 23.1 Å². The van der Waals surface area contributed by atoms with Crippen LogP contribution in [0.1, 0.15) is 38.2 Å². The number of benzene rings is 1. The molecule has 24 heavy (non-hydrogen) atoms. The second-order valence-corrected chi connectivity index (χ2v) is 8.19. The molecule has 1 aliphatic rings. The predicted molar refractivity (Wildman–Crippen MR) is 95.6 cm³/mol. The maximum absolute atomic E-state index is 13.0. The van der Waals surface area contributed by atoms with Crippen LogP contribution in [0.25, 0.3) is 0 Å². The van der Waals surface area contributed by atoms with E-state index >= 15 is 0 Å². The summed E-state index contributed by atoms with van der Waals surface area (Å²) in [7, 11) is -1.93. The molecular formula is C17H27N3O3S. The maximum Gasteiger partial charge on any atom is 0.243 e. The van der Waals surface area contributed by atoms with Crippen LogP contribution in [0.2, 0.25) is 0 Å². The molecule has 1 aromatic carbocycles. The van der Waals surface area contributed by atoms with Gasteiger partial charge in [0, 0.05) is 25.8 Å². The summed E-state index contributed by atoms with van der Waals surface area (Å²) >= 11 is 0. The van der Waals surface area contributed by atoms with E-state index in [1.165, 1.54) is 0 Å². The van der Waals surface area contributed by atoms with E-state index < -0.39 is 16.1 Å². The van der Waals surface area contributed by atoms with Gasteiger partial charge < -0.3 is 10.6 Å². The van der Waals surface area contributed by atoms with E-state index in [0.717, 1.165) is 31.2 Å². The Morgan fingerprint density at radius 2 is 1.79 bits per heavy atom. The first kappa shape index (κ1) is 18.7. The van der Waals surface area contributed by atoms with Crippen molar-refractivity contribution in [3.8, 4) is 0 Å². The number of carbonyl (C=O) groups is 1. The molecule has 2 rings (SSSR count). The van der Waals surface area contributed by atoms with Gasteiger partial charge in [0.05, 0.1) is 4.90 Å². The molecule has 0 spiro atoms. The highest BCUT2D eigenvalue weighted by Gasteiger charge is 2.27. The van der Waals surface area contributed by atoms with Gasteiger partial charge in [-0.25, -0.2) is 8.42 Å². The number of hydrogen-bond acceptors (Lipinski definition) is 4. The lowest BCUT2D eigenvalue weighted by Crippen LogP contribution is -2.35. The van der Waals surface area contributed by atoms with Crippen molar-refractivity contribution in [3.63, 3.8) is 0 Å². The Hall–Kier alpha value is -1.60. The van der Waals surface area contributed by atoms with Crippen LogP contribution in [0.4, 0.5) is 5.69 Å². The fourth-order valence-electron chi connectivity index (χ4n) is 2.92.